The molecule has 0 unspecified atom stereocenters. The van der Waals surface area contributed by atoms with Crippen LogP contribution in [0.2, 0.25) is 0 Å². The molecule has 0 aromatic heterocycles. The molecule has 0 aromatic rings. The zero-order valence-corrected chi connectivity index (χ0v) is 6.77. The van der Waals surface area contributed by atoms with E-state index in [2.05, 4.69) is 5.92 Å². The summed E-state index contributed by atoms with van der Waals surface area (Å²) in [5, 5.41) is 0. The third-order valence-electron chi connectivity index (χ3n) is 1.23. The van der Waals surface area contributed by atoms with Gasteiger partial charge in [0.2, 0.25) is 0 Å². The lowest BCUT2D eigenvalue weighted by Gasteiger charge is -2.16. The van der Waals surface area contributed by atoms with Gasteiger partial charge < -0.3 is 0 Å². The van der Waals surface area contributed by atoms with Crippen molar-refractivity contribution in [3.8, 4) is 12.3 Å². The van der Waals surface area contributed by atoms with E-state index in [0.29, 0.717) is 0 Å². The van der Waals surface area contributed by atoms with E-state index in [1.807, 2.05) is 0 Å². The van der Waals surface area contributed by atoms with Gasteiger partial charge in [-0.15, -0.1) is 12.3 Å². The van der Waals surface area contributed by atoms with Crippen LogP contribution in [0.1, 0.15) is 20.3 Å². The van der Waals surface area contributed by atoms with Crippen LogP contribution in [-0.4, -0.2) is 17.7 Å². The lowest BCUT2D eigenvalue weighted by molar-refractivity contribution is 0.443. The van der Waals surface area contributed by atoms with E-state index in [1.165, 1.54) is 13.8 Å². The van der Waals surface area contributed by atoms with Gasteiger partial charge in [-0.3, -0.25) is 4.55 Å². The fourth-order valence-corrected chi connectivity index (χ4v) is 0.603. The molecule has 0 radical (unpaired) electrons. The minimum absolute atomic E-state index is 0.0197. The summed E-state index contributed by atoms with van der Waals surface area (Å²) in [6.07, 6.45) is 4.91. The van der Waals surface area contributed by atoms with Crippen molar-refractivity contribution in [3.63, 3.8) is 0 Å². The third kappa shape index (κ3) is 2.01. The van der Waals surface area contributed by atoms with Crippen LogP contribution in [0.15, 0.2) is 0 Å². The highest BCUT2D eigenvalue weighted by Crippen LogP contribution is 2.17. The number of terminal acetylenes is 1. The van der Waals surface area contributed by atoms with Crippen molar-refractivity contribution in [2.45, 2.75) is 25.0 Å². The standard InChI is InChI=1S/C6H10O3S/c1-4-5-6(2,3)10(7,8)9/h1H,5H2,2-3H3,(H,7,8,9). The quantitative estimate of drug-likeness (QED) is 0.479. The molecule has 10 heavy (non-hydrogen) atoms. The second-order valence-electron chi connectivity index (χ2n) is 2.62. The van der Waals surface area contributed by atoms with E-state index in [0.717, 1.165) is 0 Å². The first-order chi connectivity index (χ1) is 4.31. The molecule has 1 N–H and O–H groups in total. The van der Waals surface area contributed by atoms with Crippen molar-refractivity contribution in [1.29, 1.82) is 0 Å². The van der Waals surface area contributed by atoms with E-state index in [4.69, 9.17) is 11.0 Å². The summed E-state index contributed by atoms with van der Waals surface area (Å²) in [4.78, 5) is 0. The van der Waals surface area contributed by atoms with E-state index in [-0.39, 0.29) is 6.42 Å². The Bertz CT molecular complexity index is 243. The summed E-state index contributed by atoms with van der Waals surface area (Å²) in [6, 6.07) is 0. The molecule has 4 heteroatoms. The molecular formula is C6H10O3S. The predicted octanol–water partition coefficient (Wildman–Crippen LogP) is 0.676. The molecule has 0 saturated heterocycles. The van der Waals surface area contributed by atoms with Crippen molar-refractivity contribution < 1.29 is 13.0 Å². The fourth-order valence-electron chi connectivity index (χ4n) is 0.337. The molecule has 0 spiro atoms. The van der Waals surface area contributed by atoms with Gasteiger partial charge in [0.15, 0.2) is 0 Å². The fraction of sp³-hybridized carbons (Fsp3) is 0.667. The minimum atomic E-state index is -4.01. The van der Waals surface area contributed by atoms with Crippen LogP contribution in [0, 0.1) is 12.3 Å². The van der Waals surface area contributed by atoms with Crippen LogP contribution < -0.4 is 0 Å². The first-order valence-corrected chi connectivity index (χ1v) is 4.16. The Balaban J connectivity index is 4.62. The first-order valence-electron chi connectivity index (χ1n) is 2.72. The van der Waals surface area contributed by atoms with Crippen molar-refractivity contribution >= 4 is 10.1 Å². The van der Waals surface area contributed by atoms with Gasteiger partial charge in [-0.1, -0.05) is 0 Å². The lowest BCUT2D eigenvalue weighted by Crippen LogP contribution is -2.30. The van der Waals surface area contributed by atoms with Crippen molar-refractivity contribution in [2.75, 3.05) is 0 Å². The van der Waals surface area contributed by atoms with Gasteiger partial charge in [-0.2, -0.15) is 8.42 Å². The zero-order valence-electron chi connectivity index (χ0n) is 5.96. The molecule has 0 saturated carbocycles. The molecule has 0 heterocycles. The van der Waals surface area contributed by atoms with Crippen LogP contribution in [0.3, 0.4) is 0 Å². The highest BCUT2D eigenvalue weighted by atomic mass is 32.2. The van der Waals surface area contributed by atoms with E-state index < -0.39 is 14.9 Å². The monoisotopic (exact) mass is 162 g/mol. The molecule has 0 amide bonds. The maximum Gasteiger partial charge on any atom is 0.271 e. The molecule has 0 rings (SSSR count). The topological polar surface area (TPSA) is 54.4 Å². The van der Waals surface area contributed by atoms with Crippen LogP contribution in [-0.2, 0) is 10.1 Å². The highest BCUT2D eigenvalue weighted by molar-refractivity contribution is 7.87. The summed E-state index contributed by atoms with van der Waals surface area (Å²) >= 11 is 0. The second kappa shape index (κ2) is 2.60. The Morgan fingerprint density at radius 1 is 1.60 bits per heavy atom. The summed E-state index contributed by atoms with van der Waals surface area (Å²) in [5.41, 5.74) is 0. The first kappa shape index (κ1) is 9.47. The summed E-state index contributed by atoms with van der Waals surface area (Å²) < 4.78 is 28.3. The van der Waals surface area contributed by atoms with Gasteiger partial charge in [0, 0.05) is 6.42 Å². The Morgan fingerprint density at radius 2 is 2.00 bits per heavy atom. The Kier molecular flexibility index (Phi) is 2.47. The molecule has 0 aromatic carbocycles. The zero-order chi connectivity index (χ0) is 8.41. The summed E-state index contributed by atoms with van der Waals surface area (Å²) in [6.45, 7) is 2.75. The molecule has 3 nitrogen and oxygen atoms in total. The largest absolute Gasteiger partial charge is 0.285 e. The van der Waals surface area contributed by atoms with E-state index in [1.54, 1.807) is 0 Å². The van der Waals surface area contributed by atoms with Gasteiger partial charge in [0.05, 0.1) is 0 Å². The molecule has 0 aliphatic heterocycles. The lowest BCUT2D eigenvalue weighted by atomic mass is 10.1. The molecule has 0 bridgehead atoms. The number of hydrogen-bond acceptors (Lipinski definition) is 2. The second-order valence-corrected chi connectivity index (χ2v) is 4.67. The van der Waals surface area contributed by atoms with Crippen LogP contribution in [0.4, 0.5) is 0 Å². The van der Waals surface area contributed by atoms with Gasteiger partial charge >= 0.3 is 0 Å². The Morgan fingerprint density at radius 3 is 2.10 bits per heavy atom. The Hall–Kier alpha value is -0.530. The highest BCUT2D eigenvalue weighted by Gasteiger charge is 2.31. The average molecular weight is 162 g/mol. The normalized spacial score (nSPS) is 12.6. The van der Waals surface area contributed by atoms with Gasteiger partial charge in [-0.05, 0) is 13.8 Å². The van der Waals surface area contributed by atoms with Crippen molar-refractivity contribution in [2.24, 2.45) is 0 Å². The number of rotatable bonds is 2. The third-order valence-corrected chi connectivity index (χ3v) is 2.77. The molecular weight excluding hydrogens is 152 g/mol. The smallest absolute Gasteiger partial charge is 0.271 e. The maximum absolute atomic E-state index is 10.5. The number of hydrogen-bond donors (Lipinski definition) is 1. The SMILES string of the molecule is C#CCC(C)(C)S(=O)(=O)O. The molecule has 58 valence electrons. The van der Waals surface area contributed by atoms with E-state index in [9.17, 15) is 8.42 Å². The summed E-state index contributed by atoms with van der Waals surface area (Å²) in [5.74, 6) is 2.18. The van der Waals surface area contributed by atoms with Crippen LogP contribution in [0.5, 0.6) is 0 Å². The average Bonchev–Trinajstić information content (AvgIpc) is 1.61. The van der Waals surface area contributed by atoms with Gasteiger partial charge in [-0.25, -0.2) is 0 Å². The summed E-state index contributed by atoms with van der Waals surface area (Å²) in [7, 11) is -4.01. The Labute approximate surface area is 61.2 Å². The van der Waals surface area contributed by atoms with Gasteiger partial charge in [0.1, 0.15) is 4.75 Å². The van der Waals surface area contributed by atoms with E-state index >= 15 is 0 Å². The van der Waals surface area contributed by atoms with Crippen LogP contribution in [0.25, 0.3) is 0 Å². The van der Waals surface area contributed by atoms with Crippen molar-refractivity contribution in [3.05, 3.63) is 0 Å². The minimum Gasteiger partial charge on any atom is -0.285 e. The molecule has 0 aliphatic carbocycles. The molecule has 0 aliphatic rings. The van der Waals surface area contributed by atoms with Crippen molar-refractivity contribution in [1.82, 2.24) is 0 Å². The predicted molar refractivity (Wildman–Crippen MR) is 39.1 cm³/mol. The van der Waals surface area contributed by atoms with Crippen LogP contribution >= 0.6 is 0 Å². The molecule has 0 atom stereocenters. The van der Waals surface area contributed by atoms with Gasteiger partial charge in [0.25, 0.3) is 10.1 Å². The molecule has 0 fully saturated rings. The maximum atomic E-state index is 10.5.